The van der Waals surface area contributed by atoms with Gasteiger partial charge in [0.15, 0.2) is 0 Å². The Kier molecular flexibility index (Phi) is 5.70. The molecule has 3 aromatic rings. The number of carbonyl (C=O) groups excluding carboxylic acids is 1. The van der Waals surface area contributed by atoms with E-state index < -0.39 is 0 Å². The molecule has 0 unspecified atom stereocenters. The maximum atomic E-state index is 13.3. The highest BCUT2D eigenvalue weighted by atomic mass is 19.1. The van der Waals surface area contributed by atoms with Gasteiger partial charge in [-0.3, -0.25) is 4.79 Å². The first kappa shape index (κ1) is 18.9. The normalized spacial score (nSPS) is 13.8. The number of piperidine rings is 1. The van der Waals surface area contributed by atoms with Gasteiger partial charge in [-0.05, 0) is 73.9 Å². The first-order chi connectivity index (χ1) is 14.2. The Morgan fingerprint density at radius 3 is 2.48 bits per heavy atom. The molecule has 2 N–H and O–H groups in total. The molecule has 4 rings (SSSR count). The predicted octanol–water partition coefficient (Wildman–Crippen LogP) is 5.21. The molecule has 0 radical (unpaired) electrons. The van der Waals surface area contributed by atoms with E-state index in [1.54, 1.807) is 30.5 Å². The average Bonchev–Trinajstić information content (AvgIpc) is 2.75. The minimum atomic E-state index is -0.336. The summed E-state index contributed by atoms with van der Waals surface area (Å²) >= 11 is 0. The zero-order valence-electron chi connectivity index (χ0n) is 16.1. The molecule has 6 heteroatoms. The summed E-state index contributed by atoms with van der Waals surface area (Å²) < 4.78 is 13.3. The topological polar surface area (TPSA) is 57.3 Å². The van der Waals surface area contributed by atoms with Crippen molar-refractivity contribution in [1.29, 1.82) is 0 Å². The van der Waals surface area contributed by atoms with Gasteiger partial charge in [0.2, 0.25) is 0 Å². The van der Waals surface area contributed by atoms with E-state index in [0.717, 1.165) is 18.8 Å². The van der Waals surface area contributed by atoms with Gasteiger partial charge in [0.1, 0.15) is 11.6 Å². The third kappa shape index (κ3) is 4.90. The van der Waals surface area contributed by atoms with Gasteiger partial charge in [0.05, 0.1) is 0 Å². The summed E-state index contributed by atoms with van der Waals surface area (Å²) in [5, 5.41) is 5.93. The lowest BCUT2D eigenvalue weighted by Crippen LogP contribution is -2.29. The first-order valence-electron chi connectivity index (χ1n) is 9.82. The predicted molar refractivity (Wildman–Crippen MR) is 114 cm³/mol. The molecule has 1 saturated heterocycles. The van der Waals surface area contributed by atoms with Gasteiger partial charge in [-0.2, -0.15) is 0 Å². The number of nitrogens with one attached hydrogen (secondary N) is 2. The number of aromatic nitrogens is 1. The molecule has 0 spiro atoms. The van der Waals surface area contributed by atoms with Crippen molar-refractivity contribution in [3.63, 3.8) is 0 Å². The molecule has 0 atom stereocenters. The van der Waals surface area contributed by atoms with Crippen molar-refractivity contribution >= 4 is 28.8 Å². The van der Waals surface area contributed by atoms with Crippen molar-refractivity contribution in [2.75, 3.05) is 28.6 Å². The van der Waals surface area contributed by atoms with E-state index in [0.29, 0.717) is 17.1 Å². The summed E-state index contributed by atoms with van der Waals surface area (Å²) in [6.45, 7) is 2.17. The molecular weight excluding hydrogens is 367 g/mol. The highest BCUT2D eigenvalue weighted by Crippen LogP contribution is 2.22. The Morgan fingerprint density at radius 2 is 1.72 bits per heavy atom. The number of pyridine rings is 1. The summed E-state index contributed by atoms with van der Waals surface area (Å²) in [5.41, 5.74) is 2.97. The van der Waals surface area contributed by atoms with E-state index in [1.807, 2.05) is 24.3 Å². The number of nitrogens with zero attached hydrogens (tertiary/aromatic N) is 2. The molecule has 2 heterocycles. The fraction of sp³-hybridized carbons (Fsp3) is 0.217. The fourth-order valence-corrected chi connectivity index (χ4v) is 3.47. The first-order valence-corrected chi connectivity index (χ1v) is 9.82. The van der Waals surface area contributed by atoms with Crippen LogP contribution in [0.25, 0.3) is 0 Å². The fourth-order valence-electron chi connectivity index (χ4n) is 3.47. The lowest BCUT2D eigenvalue weighted by molar-refractivity contribution is 0.102. The lowest BCUT2D eigenvalue weighted by Gasteiger charge is -2.28. The molecular formula is C23H23FN4O. The Labute approximate surface area is 169 Å². The summed E-state index contributed by atoms with van der Waals surface area (Å²) in [7, 11) is 0. The number of carbonyl (C=O) groups is 1. The van der Waals surface area contributed by atoms with Gasteiger partial charge < -0.3 is 15.5 Å². The average molecular weight is 390 g/mol. The number of halogens is 1. The minimum absolute atomic E-state index is 0.222. The Hall–Kier alpha value is -3.41. The van der Waals surface area contributed by atoms with Crippen LogP contribution >= 0.6 is 0 Å². The second-order valence-electron chi connectivity index (χ2n) is 7.11. The molecule has 1 aromatic heterocycles. The largest absolute Gasteiger partial charge is 0.372 e. The third-order valence-corrected chi connectivity index (χ3v) is 4.97. The molecule has 148 valence electrons. The van der Waals surface area contributed by atoms with Crippen LogP contribution in [0.4, 0.5) is 27.3 Å². The standard InChI is InChI=1S/C23H23FN4O/c24-18-5-4-6-20(16-18)26-22-15-17(11-12-25-22)23(29)27-19-7-9-21(10-8-19)28-13-2-1-3-14-28/h4-12,15-16H,1-3,13-14H2,(H,25,26)(H,27,29). The van der Waals surface area contributed by atoms with Crippen LogP contribution in [0.3, 0.4) is 0 Å². The van der Waals surface area contributed by atoms with Crippen molar-refractivity contribution in [3.05, 3.63) is 78.2 Å². The maximum absolute atomic E-state index is 13.3. The highest BCUT2D eigenvalue weighted by Gasteiger charge is 2.12. The van der Waals surface area contributed by atoms with Gasteiger partial charge in [-0.1, -0.05) is 6.07 Å². The van der Waals surface area contributed by atoms with Crippen molar-refractivity contribution < 1.29 is 9.18 Å². The summed E-state index contributed by atoms with van der Waals surface area (Å²) in [6.07, 6.45) is 5.31. The van der Waals surface area contributed by atoms with Gasteiger partial charge in [0.25, 0.3) is 5.91 Å². The van der Waals surface area contributed by atoms with Gasteiger partial charge in [-0.15, -0.1) is 0 Å². The van der Waals surface area contributed by atoms with Gasteiger partial charge >= 0.3 is 0 Å². The van der Waals surface area contributed by atoms with Gasteiger partial charge in [0, 0.05) is 41.9 Å². The van der Waals surface area contributed by atoms with E-state index in [4.69, 9.17) is 0 Å². The van der Waals surface area contributed by atoms with E-state index in [2.05, 4.69) is 20.5 Å². The van der Waals surface area contributed by atoms with Crippen molar-refractivity contribution in [2.24, 2.45) is 0 Å². The van der Waals surface area contributed by atoms with Gasteiger partial charge in [-0.25, -0.2) is 9.37 Å². The van der Waals surface area contributed by atoms with E-state index in [1.165, 1.54) is 37.1 Å². The molecule has 2 aromatic carbocycles. The number of amides is 1. The van der Waals surface area contributed by atoms with Crippen LogP contribution < -0.4 is 15.5 Å². The van der Waals surface area contributed by atoms with Crippen LogP contribution in [0.1, 0.15) is 29.6 Å². The van der Waals surface area contributed by atoms with Crippen LogP contribution in [0.2, 0.25) is 0 Å². The monoisotopic (exact) mass is 390 g/mol. The third-order valence-electron chi connectivity index (χ3n) is 4.97. The van der Waals surface area contributed by atoms with E-state index in [-0.39, 0.29) is 11.7 Å². The van der Waals surface area contributed by atoms with Crippen molar-refractivity contribution in [3.8, 4) is 0 Å². The Bertz CT molecular complexity index is 984. The van der Waals surface area contributed by atoms with E-state index >= 15 is 0 Å². The number of hydrogen-bond acceptors (Lipinski definition) is 4. The molecule has 0 saturated carbocycles. The van der Waals surface area contributed by atoms with Crippen LogP contribution in [0, 0.1) is 5.82 Å². The molecule has 5 nitrogen and oxygen atoms in total. The molecule has 1 amide bonds. The highest BCUT2D eigenvalue weighted by molar-refractivity contribution is 6.04. The number of anilines is 4. The molecule has 0 aliphatic carbocycles. The van der Waals surface area contributed by atoms with Crippen molar-refractivity contribution in [2.45, 2.75) is 19.3 Å². The minimum Gasteiger partial charge on any atom is -0.372 e. The summed E-state index contributed by atoms with van der Waals surface area (Å²) in [4.78, 5) is 19.2. The quantitative estimate of drug-likeness (QED) is 0.628. The lowest BCUT2D eigenvalue weighted by atomic mass is 10.1. The number of benzene rings is 2. The summed E-state index contributed by atoms with van der Waals surface area (Å²) in [5.74, 6) is -0.0824. The van der Waals surface area contributed by atoms with Crippen LogP contribution in [-0.2, 0) is 0 Å². The molecule has 1 aliphatic heterocycles. The second-order valence-corrected chi connectivity index (χ2v) is 7.11. The number of hydrogen-bond donors (Lipinski definition) is 2. The Morgan fingerprint density at radius 1 is 0.931 bits per heavy atom. The molecule has 1 fully saturated rings. The van der Waals surface area contributed by atoms with Crippen molar-refractivity contribution in [1.82, 2.24) is 4.98 Å². The van der Waals surface area contributed by atoms with Crippen LogP contribution in [0.5, 0.6) is 0 Å². The molecule has 29 heavy (non-hydrogen) atoms. The SMILES string of the molecule is O=C(Nc1ccc(N2CCCCC2)cc1)c1ccnc(Nc2cccc(F)c2)c1. The van der Waals surface area contributed by atoms with Crippen LogP contribution in [0.15, 0.2) is 66.9 Å². The zero-order valence-corrected chi connectivity index (χ0v) is 16.1. The summed E-state index contributed by atoms with van der Waals surface area (Å²) in [6, 6.07) is 17.3. The van der Waals surface area contributed by atoms with E-state index in [9.17, 15) is 9.18 Å². The smallest absolute Gasteiger partial charge is 0.255 e. The zero-order chi connectivity index (χ0) is 20.1. The number of rotatable bonds is 5. The van der Waals surface area contributed by atoms with Crippen LogP contribution in [-0.4, -0.2) is 24.0 Å². The Balaban J connectivity index is 1.41. The second kappa shape index (κ2) is 8.73. The maximum Gasteiger partial charge on any atom is 0.255 e. The molecule has 1 aliphatic rings. The molecule has 0 bridgehead atoms.